The van der Waals surface area contributed by atoms with Gasteiger partial charge in [0.1, 0.15) is 24.1 Å². The first-order valence-corrected chi connectivity index (χ1v) is 8.96. The topological polar surface area (TPSA) is 145 Å². The Balaban J connectivity index is 1.52. The van der Waals surface area contributed by atoms with Crippen molar-refractivity contribution in [2.24, 2.45) is 0 Å². The number of aliphatic hydroxyl groups is 2. The number of aliphatic hydroxyl groups excluding tert-OH is 2. The summed E-state index contributed by atoms with van der Waals surface area (Å²) in [5.74, 6) is 0.722. The first-order chi connectivity index (χ1) is 12.5. The number of thioether (sulfide) groups is 1. The van der Waals surface area contributed by atoms with E-state index in [0.717, 1.165) is 4.90 Å². The van der Waals surface area contributed by atoms with Gasteiger partial charge in [-0.25, -0.2) is 15.0 Å². The first-order valence-electron chi connectivity index (χ1n) is 7.97. The minimum atomic E-state index is -1.11. The van der Waals surface area contributed by atoms with Gasteiger partial charge < -0.3 is 26.4 Å². The van der Waals surface area contributed by atoms with Gasteiger partial charge in [-0.3, -0.25) is 4.57 Å². The van der Waals surface area contributed by atoms with E-state index in [0.29, 0.717) is 22.6 Å². The van der Waals surface area contributed by atoms with Crippen LogP contribution in [0.1, 0.15) is 6.23 Å². The summed E-state index contributed by atoms with van der Waals surface area (Å²) < 4.78 is 7.46. The van der Waals surface area contributed by atoms with Crippen molar-refractivity contribution in [3.8, 4) is 0 Å². The van der Waals surface area contributed by atoms with E-state index >= 15 is 0 Å². The molecule has 4 atom stereocenters. The zero-order chi connectivity index (χ0) is 18.3. The van der Waals surface area contributed by atoms with Crippen molar-refractivity contribution in [2.45, 2.75) is 29.4 Å². The quantitative estimate of drug-likeness (QED) is 0.376. The van der Waals surface area contributed by atoms with Crippen molar-refractivity contribution in [3.05, 3.63) is 36.9 Å². The minimum Gasteiger partial charge on any atom is -0.399 e. The zero-order valence-corrected chi connectivity index (χ0v) is 14.5. The van der Waals surface area contributed by atoms with Gasteiger partial charge in [0.05, 0.1) is 12.4 Å². The third kappa shape index (κ3) is 2.97. The van der Waals surface area contributed by atoms with E-state index in [4.69, 9.17) is 16.2 Å². The number of nitrogens with zero attached hydrogens (tertiary/aromatic N) is 4. The van der Waals surface area contributed by atoms with E-state index < -0.39 is 24.5 Å². The second-order valence-corrected chi connectivity index (χ2v) is 7.10. The second kappa shape index (κ2) is 6.72. The molecule has 1 saturated heterocycles. The molecule has 2 aromatic heterocycles. The highest BCUT2D eigenvalue weighted by Crippen LogP contribution is 2.34. The molecule has 0 amide bonds. The van der Waals surface area contributed by atoms with Crippen LogP contribution in [0.25, 0.3) is 11.2 Å². The fourth-order valence-electron chi connectivity index (χ4n) is 2.90. The molecule has 3 heterocycles. The largest absolute Gasteiger partial charge is 0.399 e. The molecule has 0 radical (unpaired) electrons. The number of aromatic nitrogens is 4. The van der Waals surface area contributed by atoms with Gasteiger partial charge in [0.15, 0.2) is 17.7 Å². The summed E-state index contributed by atoms with van der Waals surface area (Å²) in [4.78, 5) is 13.2. The molecule has 1 aliphatic heterocycles. The summed E-state index contributed by atoms with van der Waals surface area (Å²) in [6.07, 6.45) is -0.692. The standard InChI is InChI=1S/C16H18N6O3S/c17-8-1-3-9(4-2-8)26-5-10-12(23)13(24)16(25-10)22-7-21-11-14(18)19-6-20-15(11)22/h1-4,6-7,10,12-13,16,23-24H,5,17H2,(H2,18,19,20)/t10-,12-,13-,16-/m1/s1. The molecule has 0 saturated carbocycles. The van der Waals surface area contributed by atoms with Gasteiger partial charge in [-0.1, -0.05) is 0 Å². The second-order valence-electron chi connectivity index (χ2n) is 6.01. The van der Waals surface area contributed by atoms with E-state index in [1.165, 1.54) is 24.4 Å². The molecule has 0 aliphatic carbocycles. The highest BCUT2D eigenvalue weighted by Gasteiger charge is 2.44. The number of hydrogen-bond acceptors (Lipinski definition) is 9. The fraction of sp³-hybridized carbons (Fsp3) is 0.312. The summed E-state index contributed by atoms with van der Waals surface area (Å²) in [5.41, 5.74) is 13.0. The lowest BCUT2D eigenvalue weighted by Gasteiger charge is -2.16. The summed E-state index contributed by atoms with van der Waals surface area (Å²) >= 11 is 1.52. The van der Waals surface area contributed by atoms with Crippen LogP contribution >= 0.6 is 11.8 Å². The van der Waals surface area contributed by atoms with Crippen LogP contribution in [-0.2, 0) is 4.74 Å². The third-order valence-electron chi connectivity index (χ3n) is 4.29. The highest BCUT2D eigenvalue weighted by atomic mass is 32.2. The molecule has 136 valence electrons. The summed E-state index contributed by atoms with van der Waals surface area (Å²) in [5, 5.41) is 20.8. The Labute approximate surface area is 153 Å². The Morgan fingerprint density at radius 2 is 1.85 bits per heavy atom. The fourth-order valence-corrected chi connectivity index (χ4v) is 3.86. The van der Waals surface area contributed by atoms with Crippen LogP contribution in [0.4, 0.5) is 11.5 Å². The molecule has 4 rings (SSSR count). The number of benzene rings is 1. The zero-order valence-electron chi connectivity index (χ0n) is 13.6. The maximum absolute atomic E-state index is 10.4. The number of nitrogen functional groups attached to an aromatic ring is 2. The van der Waals surface area contributed by atoms with Crippen LogP contribution in [-0.4, -0.2) is 53.8 Å². The van der Waals surface area contributed by atoms with Crippen molar-refractivity contribution >= 4 is 34.4 Å². The van der Waals surface area contributed by atoms with Crippen LogP contribution < -0.4 is 11.5 Å². The smallest absolute Gasteiger partial charge is 0.167 e. The molecule has 0 unspecified atom stereocenters. The van der Waals surface area contributed by atoms with Crippen LogP contribution in [0, 0.1) is 0 Å². The lowest BCUT2D eigenvalue weighted by atomic mass is 10.1. The van der Waals surface area contributed by atoms with E-state index in [1.54, 1.807) is 4.57 Å². The number of ether oxygens (including phenoxy) is 1. The van der Waals surface area contributed by atoms with Crippen molar-refractivity contribution < 1.29 is 14.9 Å². The van der Waals surface area contributed by atoms with Crippen LogP contribution in [0.15, 0.2) is 41.8 Å². The number of hydrogen-bond donors (Lipinski definition) is 4. The Morgan fingerprint density at radius 3 is 2.62 bits per heavy atom. The average Bonchev–Trinajstić information content (AvgIpc) is 3.18. The summed E-state index contributed by atoms with van der Waals surface area (Å²) in [6, 6.07) is 7.43. The molecule has 3 aromatic rings. The van der Waals surface area contributed by atoms with Crippen LogP contribution in [0.3, 0.4) is 0 Å². The third-order valence-corrected chi connectivity index (χ3v) is 5.39. The van der Waals surface area contributed by atoms with Gasteiger partial charge in [0.25, 0.3) is 0 Å². The van der Waals surface area contributed by atoms with Gasteiger partial charge in [-0.15, -0.1) is 11.8 Å². The highest BCUT2D eigenvalue weighted by molar-refractivity contribution is 7.99. The van der Waals surface area contributed by atoms with Gasteiger partial charge in [-0.2, -0.15) is 0 Å². The number of imidazole rings is 1. The minimum absolute atomic E-state index is 0.247. The Kier molecular flexibility index (Phi) is 4.41. The normalized spacial score (nSPS) is 25.8. The average molecular weight is 374 g/mol. The number of anilines is 2. The van der Waals surface area contributed by atoms with Crippen LogP contribution in [0.5, 0.6) is 0 Å². The lowest BCUT2D eigenvalue weighted by Crippen LogP contribution is -2.32. The molecule has 1 aromatic carbocycles. The Hall–Kier alpha value is -2.40. The molecule has 1 fully saturated rings. The van der Waals surface area contributed by atoms with E-state index in [9.17, 15) is 10.2 Å². The van der Waals surface area contributed by atoms with Crippen LogP contribution in [0.2, 0.25) is 0 Å². The molecule has 0 spiro atoms. The number of nitrogens with two attached hydrogens (primary N) is 2. The van der Waals surface area contributed by atoms with Gasteiger partial charge in [0, 0.05) is 16.3 Å². The molecule has 26 heavy (non-hydrogen) atoms. The van der Waals surface area contributed by atoms with Gasteiger partial charge >= 0.3 is 0 Å². The summed E-state index contributed by atoms with van der Waals surface area (Å²) in [6.45, 7) is 0. The Bertz CT molecular complexity index is 918. The predicted octanol–water partition coefficient (Wildman–Crippen LogP) is 0.402. The van der Waals surface area contributed by atoms with Crippen molar-refractivity contribution in [3.63, 3.8) is 0 Å². The molecule has 0 bridgehead atoms. The number of rotatable bonds is 4. The molecule has 1 aliphatic rings. The van der Waals surface area contributed by atoms with Gasteiger partial charge in [0.2, 0.25) is 0 Å². The lowest BCUT2D eigenvalue weighted by molar-refractivity contribution is -0.0289. The first kappa shape index (κ1) is 17.0. The van der Waals surface area contributed by atoms with Crippen molar-refractivity contribution in [2.75, 3.05) is 17.2 Å². The molecular formula is C16H18N6O3S. The number of fused-ring (bicyclic) bond motifs is 1. The van der Waals surface area contributed by atoms with Crippen molar-refractivity contribution in [1.82, 2.24) is 19.5 Å². The summed E-state index contributed by atoms with van der Waals surface area (Å²) in [7, 11) is 0. The van der Waals surface area contributed by atoms with E-state index in [-0.39, 0.29) is 5.82 Å². The maximum atomic E-state index is 10.4. The molecule has 6 N–H and O–H groups in total. The SMILES string of the molecule is Nc1ccc(SC[C@H]2O[C@@H](n3cnc4c(N)ncnc43)[C@H](O)[C@@H]2O)cc1. The molecule has 9 nitrogen and oxygen atoms in total. The van der Waals surface area contributed by atoms with E-state index in [2.05, 4.69) is 15.0 Å². The van der Waals surface area contributed by atoms with E-state index in [1.807, 2.05) is 24.3 Å². The molecular weight excluding hydrogens is 356 g/mol. The Morgan fingerprint density at radius 1 is 1.08 bits per heavy atom. The monoisotopic (exact) mass is 374 g/mol. The predicted molar refractivity (Wildman–Crippen MR) is 97.2 cm³/mol. The molecule has 10 heteroatoms. The maximum Gasteiger partial charge on any atom is 0.167 e. The van der Waals surface area contributed by atoms with Gasteiger partial charge in [-0.05, 0) is 24.3 Å². The van der Waals surface area contributed by atoms with Crippen molar-refractivity contribution in [1.29, 1.82) is 0 Å².